The summed E-state index contributed by atoms with van der Waals surface area (Å²) in [5.41, 5.74) is 3.88. The van der Waals surface area contributed by atoms with Crippen LogP contribution in [-0.4, -0.2) is 38.1 Å². The Morgan fingerprint density at radius 3 is 2.57 bits per heavy atom. The number of aromatic nitrogens is 3. The third-order valence-corrected chi connectivity index (χ3v) is 6.09. The first kappa shape index (κ1) is 24.5. The van der Waals surface area contributed by atoms with E-state index >= 15 is 4.39 Å². The smallest absolute Gasteiger partial charge is 0.296 e. The fourth-order valence-corrected chi connectivity index (χ4v) is 3.82. The van der Waals surface area contributed by atoms with Crippen molar-refractivity contribution in [3.05, 3.63) is 82.3 Å². The van der Waals surface area contributed by atoms with E-state index in [1.54, 1.807) is 19.1 Å². The van der Waals surface area contributed by atoms with Crippen LogP contribution >= 0.6 is 11.6 Å². The standard InChI is InChI=1S/C24H21ClF3N5O2/c1-13-3-5-15(6-4-13)23(2,35)24(27,28)12-30-21(34)19-17(25)8-7-16(20(19)26)14-9-10-33-18(11-14)31-22(29)32-33/h3-11,35H,12H2,1-2H3,(H2,29,32)(H,30,34)/t23-/m0/s1. The third-order valence-electron chi connectivity index (χ3n) is 5.78. The number of carbonyl (C=O) groups excluding carboxylic acids is 1. The first-order chi connectivity index (χ1) is 16.4. The molecule has 0 fully saturated rings. The van der Waals surface area contributed by atoms with Gasteiger partial charge in [0.25, 0.3) is 11.8 Å². The van der Waals surface area contributed by atoms with Crippen molar-refractivity contribution in [1.29, 1.82) is 0 Å². The topological polar surface area (TPSA) is 106 Å². The van der Waals surface area contributed by atoms with Gasteiger partial charge in [-0.25, -0.2) is 17.7 Å². The van der Waals surface area contributed by atoms with Gasteiger partial charge < -0.3 is 16.2 Å². The van der Waals surface area contributed by atoms with Crippen molar-refractivity contribution < 1.29 is 23.1 Å². The number of nitrogens with one attached hydrogen (secondary N) is 1. The molecule has 182 valence electrons. The molecule has 0 aliphatic rings. The summed E-state index contributed by atoms with van der Waals surface area (Å²) >= 11 is 6.05. The maximum Gasteiger partial charge on any atom is 0.296 e. The van der Waals surface area contributed by atoms with Gasteiger partial charge in [-0.1, -0.05) is 41.4 Å². The van der Waals surface area contributed by atoms with Crippen LogP contribution in [0.25, 0.3) is 16.8 Å². The lowest BCUT2D eigenvalue weighted by Gasteiger charge is -2.33. The molecule has 7 nitrogen and oxygen atoms in total. The number of amides is 1. The largest absolute Gasteiger partial charge is 0.379 e. The van der Waals surface area contributed by atoms with Crippen LogP contribution in [0.5, 0.6) is 0 Å². The second kappa shape index (κ2) is 8.86. The summed E-state index contributed by atoms with van der Waals surface area (Å²) in [5, 5.41) is 16.2. The van der Waals surface area contributed by atoms with Crippen molar-refractivity contribution >= 4 is 29.1 Å². The zero-order valence-electron chi connectivity index (χ0n) is 18.7. The second-order valence-electron chi connectivity index (χ2n) is 8.30. The van der Waals surface area contributed by atoms with Gasteiger partial charge >= 0.3 is 0 Å². The van der Waals surface area contributed by atoms with Crippen LogP contribution in [0.1, 0.15) is 28.4 Å². The Labute approximate surface area is 203 Å². The predicted molar refractivity (Wildman–Crippen MR) is 126 cm³/mol. The monoisotopic (exact) mass is 503 g/mol. The maximum atomic E-state index is 15.4. The van der Waals surface area contributed by atoms with E-state index in [9.17, 15) is 18.7 Å². The summed E-state index contributed by atoms with van der Waals surface area (Å²) in [6.45, 7) is 1.48. The number of anilines is 1. The van der Waals surface area contributed by atoms with E-state index in [4.69, 9.17) is 17.3 Å². The number of aryl methyl sites for hydroxylation is 1. The van der Waals surface area contributed by atoms with Crippen molar-refractivity contribution in [3.63, 3.8) is 0 Å². The molecular weight excluding hydrogens is 483 g/mol. The highest BCUT2D eigenvalue weighted by Crippen LogP contribution is 2.37. The van der Waals surface area contributed by atoms with Crippen LogP contribution in [0.3, 0.4) is 0 Å². The molecule has 2 aromatic carbocycles. The average molecular weight is 504 g/mol. The lowest BCUT2D eigenvalue weighted by molar-refractivity contribution is -0.173. The summed E-state index contributed by atoms with van der Waals surface area (Å²) in [4.78, 5) is 16.8. The van der Waals surface area contributed by atoms with Crippen molar-refractivity contribution in [2.75, 3.05) is 12.3 Å². The number of nitrogens with zero attached hydrogens (tertiary/aromatic N) is 3. The molecule has 4 aromatic rings. The molecule has 0 aliphatic carbocycles. The van der Waals surface area contributed by atoms with E-state index in [0.29, 0.717) is 11.2 Å². The second-order valence-corrected chi connectivity index (χ2v) is 8.70. The van der Waals surface area contributed by atoms with Gasteiger partial charge in [0, 0.05) is 11.8 Å². The van der Waals surface area contributed by atoms with Gasteiger partial charge in [-0.15, -0.1) is 5.10 Å². The third kappa shape index (κ3) is 4.54. The molecule has 11 heteroatoms. The lowest BCUT2D eigenvalue weighted by atomic mass is 9.88. The summed E-state index contributed by atoms with van der Waals surface area (Å²) in [6.07, 6.45) is 1.51. The maximum absolute atomic E-state index is 15.4. The minimum Gasteiger partial charge on any atom is -0.379 e. The van der Waals surface area contributed by atoms with Crippen LogP contribution in [0.4, 0.5) is 19.1 Å². The molecule has 0 spiro atoms. The van der Waals surface area contributed by atoms with Gasteiger partial charge in [-0.3, -0.25) is 4.79 Å². The van der Waals surface area contributed by atoms with E-state index in [1.807, 2.05) is 5.32 Å². The molecule has 1 amide bonds. The van der Waals surface area contributed by atoms with Crippen LogP contribution in [-0.2, 0) is 5.60 Å². The summed E-state index contributed by atoms with van der Waals surface area (Å²) in [6, 6.07) is 11.6. The normalized spacial score (nSPS) is 13.6. The van der Waals surface area contributed by atoms with Gasteiger partial charge in [-0.2, -0.15) is 4.98 Å². The molecule has 0 radical (unpaired) electrons. The molecule has 35 heavy (non-hydrogen) atoms. The zero-order valence-corrected chi connectivity index (χ0v) is 19.4. The fourth-order valence-electron chi connectivity index (χ4n) is 3.59. The molecule has 0 aliphatic heterocycles. The fraction of sp³-hybridized carbons (Fsp3) is 0.208. The Hall–Kier alpha value is -3.63. The highest BCUT2D eigenvalue weighted by molar-refractivity contribution is 6.34. The van der Waals surface area contributed by atoms with Gasteiger partial charge in [-0.05, 0) is 49.2 Å². The Morgan fingerprint density at radius 2 is 1.89 bits per heavy atom. The lowest BCUT2D eigenvalue weighted by Crippen LogP contribution is -2.50. The number of rotatable bonds is 6. The summed E-state index contributed by atoms with van der Waals surface area (Å²) in [5.74, 6) is -5.90. The Bertz CT molecular complexity index is 1420. The molecule has 4 N–H and O–H groups in total. The highest BCUT2D eigenvalue weighted by Gasteiger charge is 2.50. The number of nitrogens with two attached hydrogens (primary N) is 1. The van der Waals surface area contributed by atoms with Crippen LogP contribution in [0.2, 0.25) is 5.02 Å². The predicted octanol–water partition coefficient (Wildman–Crippen LogP) is 4.35. The molecule has 2 heterocycles. The molecule has 2 aromatic heterocycles. The van der Waals surface area contributed by atoms with Crippen molar-refractivity contribution in [1.82, 2.24) is 19.9 Å². The number of pyridine rings is 1. The number of hydrogen-bond acceptors (Lipinski definition) is 5. The van der Waals surface area contributed by atoms with E-state index in [0.717, 1.165) is 12.5 Å². The quantitative estimate of drug-likeness (QED) is 0.363. The molecule has 0 bridgehead atoms. The van der Waals surface area contributed by atoms with Crippen LogP contribution in [0.15, 0.2) is 54.7 Å². The van der Waals surface area contributed by atoms with Gasteiger partial charge in [0.05, 0.1) is 17.1 Å². The van der Waals surface area contributed by atoms with Crippen molar-refractivity contribution in [2.45, 2.75) is 25.4 Å². The van der Waals surface area contributed by atoms with Crippen molar-refractivity contribution in [3.8, 4) is 11.1 Å². The number of nitrogen functional groups attached to an aromatic ring is 1. The first-order valence-corrected chi connectivity index (χ1v) is 10.8. The first-order valence-electron chi connectivity index (χ1n) is 10.5. The minimum atomic E-state index is -3.78. The minimum absolute atomic E-state index is 0.00188. The molecule has 0 unspecified atom stereocenters. The number of halogens is 4. The summed E-state index contributed by atoms with van der Waals surface area (Å²) < 4.78 is 46.7. The Morgan fingerprint density at radius 1 is 1.20 bits per heavy atom. The van der Waals surface area contributed by atoms with E-state index in [1.165, 1.54) is 47.1 Å². The molecule has 0 saturated carbocycles. The van der Waals surface area contributed by atoms with Gasteiger partial charge in [0.2, 0.25) is 5.95 Å². The number of benzene rings is 2. The number of aliphatic hydroxyl groups is 1. The average Bonchev–Trinajstić information content (AvgIpc) is 3.17. The number of fused-ring (bicyclic) bond motifs is 1. The van der Waals surface area contributed by atoms with E-state index in [2.05, 4.69) is 10.1 Å². The van der Waals surface area contributed by atoms with Gasteiger partial charge in [0.15, 0.2) is 11.2 Å². The molecule has 1 atom stereocenters. The van der Waals surface area contributed by atoms with E-state index < -0.39 is 35.4 Å². The summed E-state index contributed by atoms with van der Waals surface area (Å²) in [7, 11) is 0. The van der Waals surface area contributed by atoms with Gasteiger partial charge in [0.1, 0.15) is 5.82 Å². The molecule has 0 saturated heterocycles. The number of hydrogen-bond donors (Lipinski definition) is 3. The SMILES string of the molecule is Cc1ccc([C@](C)(O)C(F)(F)CNC(=O)c2c(Cl)ccc(-c3ccn4nc(N)nc4c3)c2F)cc1. The zero-order chi connectivity index (χ0) is 25.5. The highest BCUT2D eigenvalue weighted by atomic mass is 35.5. The molecule has 4 rings (SSSR count). The van der Waals surface area contributed by atoms with Crippen LogP contribution < -0.4 is 11.1 Å². The number of carbonyl (C=O) groups is 1. The van der Waals surface area contributed by atoms with E-state index in [-0.39, 0.29) is 22.1 Å². The Balaban J connectivity index is 1.60. The van der Waals surface area contributed by atoms with Crippen molar-refractivity contribution in [2.24, 2.45) is 0 Å². The Kier molecular flexibility index (Phi) is 6.20. The van der Waals surface area contributed by atoms with Crippen LogP contribution in [0, 0.1) is 12.7 Å². The number of alkyl halides is 2. The molecular formula is C24H21ClF3N5O2.